The number of hydrogen-bond acceptors (Lipinski definition) is 10. The summed E-state index contributed by atoms with van der Waals surface area (Å²) in [5, 5.41) is 11.5. The van der Waals surface area contributed by atoms with Crippen molar-refractivity contribution < 1.29 is 22.4 Å². The fourth-order valence-electron chi connectivity index (χ4n) is 3.41. The summed E-state index contributed by atoms with van der Waals surface area (Å²) in [6, 6.07) is 6.85. The number of sulfonamides is 1. The van der Waals surface area contributed by atoms with Gasteiger partial charge in [0.1, 0.15) is 22.9 Å². The van der Waals surface area contributed by atoms with Crippen molar-refractivity contribution in [2.75, 3.05) is 18.9 Å². The first kappa shape index (κ1) is 24.1. The normalized spacial score (nSPS) is 12.4. The molecule has 0 radical (unpaired) electrons. The molecule has 0 spiro atoms. The first-order valence-corrected chi connectivity index (χ1v) is 12.2. The van der Waals surface area contributed by atoms with Gasteiger partial charge in [0, 0.05) is 24.9 Å². The highest BCUT2D eigenvalue weighted by Crippen LogP contribution is 2.37. The maximum atomic E-state index is 13.3. The molecule has 0 bridgehead atoms. The zero-order chi connectivity index (χ0) is 25.2. The van der Waals surface area contributed by atoms with Crippen LogP contribution in [0.5, 0.6) is 11.5 Å². The Morgan fingerprint density at radius 3 is 2.37 bits per heavy atom. The van der Waals surface area contributed by atoms with Crippen LogP contribution in [0.3, 0.4) is 0 Å². The molecule has 0 fully saturated rings. The molecular weight excluding hydrogens is 474 g/mol. The van der Waals surface area contributed by atoms with Crippen molar-refractivity contribution in [3.05, 3.63) is 53.8 Å². The second-order valence-corrected chi connectivity index (χ2v) is 9.93. The summed E-state index contributed by atoms with van der Waals surface area (Å²) in [6.07, 6.45) is 3.32. The van der Waals surface area contributed by atoms with E-state index in [4.69, 9.17) is 14.0 Å². The van der Waals surface area contributed by atoms with Crippen LogP contribution in [0.25, 0.3) is 17.2 Å². The number of hydrogen-bond donors (Lipinski definition) is 1. The molecule has 3 aromatic heterocycles. The number of aromatic nitrogens is 6. The highest BCUT2D eigenvalue weighted by atomic mass is 32.2. The topological polar surface area (TPSA) is 147 Å². The van der Waals surface area contributed by atoms with E-state index in [-0.39, 0.29) is 18.2 Å². The van der Waals surface area contributed by atoms with Gasteiger partial charge in [0.15, 0.2) is 11.5 Å². The van der Waals surface area contributed by atoms with Crippen LogP contribution in [0.1, 0.15) is 24.1 Å². The predicted molar refractivity (Wildman–Crippen MR) is 127 cm³/mol. The Morgan fingerprint density at radius 1 is 1.09 bits per heavy atom. The van der Waals surface area contributed by atoms with Gasteiger partial charge < -0.3 is 14.0 Å². The number of nitrogens with one attached hydrogen (secondary N) is 1. The van der Waals surface area contributed by atoms with Crippen LogP contribution >= 0.6 is 0 Å². The Labute approximate surface area is 202 Å². The van der Waals surface area contributed by atoms with Crippen LogP contribution in [0.15, 0.2) is 41.2 Å². The summed E-state index contributed by atoms with van der Waals surface area (Å²) in [4.78, 5) is 8.44. The first-order valence-electron chi connectivity index (χ1n) is 10.6. The number of aryl methyl sites for hydroxylation is 2. The van der Waals surface area contributed by atoms with E-state index in [2.05, 4.69) is 30.0 Å². The zero-order valence-corrected chi connectivity index (χ0v) is 20.7. The number of anilines is 1. The average molecular weight is 500 g/mol. The Hall–Kier alpha value is -4.00. The third-order valence-electron chi connectivity index (χ3n) is 5.24. The van der Waals surface area contributed by atoms with Crippen molar-refractivity contribution in [3.8, 4) is 28.7 Å². The van der Waals surface area contributed by atoms with E-state index in [0.29, 0.717) is 34.3 Å². The summed E-state index contributed by atoms with van der Waals surface area (Å²) in [5.41, 5.74) is 2.06. The zero-order valence-electron chi connectivity index (χ0n) is 19.9. The minimum absolute atomic E-state index is 0.0645. The van der Waals surface area contributed by atoms with Crippen molar-refractivity contribution in [2.45, 2.75) is 32.4 Å². The summed E-state index contributed by atoms with van der Waals surface area (Å²) >= 11 is 0. The van der Waals surface area contributed by atoms with E-state index in [0.717, 1.165) is 5.69 Å². The molecule has 4 rings (SSSR count). The monoisotopic (exact) mass is 499 g/mol. The van der Waals surface area contributed by atoms with Crippen LogP contribution in [0.2, 0.25) is 0 Å². The number of ether oxygens (including phenoxy) is 2. The molecule has 4 aromatic rings. The van der Waals surface area contributed by atoms with Gasteiger partial charge in [-0.05, 0) is 32.9 Å². The van der Waals surface area contributed by atoms with E-state index < -0.39 is 15.3 Å². The number of benzene rings is 1. The fraction of sp³-hybridized carbons (Fsp3) is 0.318. The maximum absolute atomic E-state index is 13.3. The van der Waals surface area contributed by atoms with Crippen LogP contribution in [0.4, 0.5) is 5.95 Å². The molecule has 3 heterocycles. The third kappa shape index (κ3) is 4.94. The van der Waals surface area contributed by atoms with Gasteiger partial charge in [-0.3, -0.25) is 19.3 Å². The summed E-state index contributed by atoms with van der Waals surface area (Å²) in [7, 11) is -0.927. The number of nitrogens with zero attached hydrogens (tertiary/aromatic N) is 6. The number of rotatable bonds is 9. The van der Waals surface area contributed by atoms with E-state index in [1.165, 1.54) is 18.8 Å². The molecular formula is C22H25N7O5S. The summed E-state index contributed by atoms with van der Waals surface area (Å²) in [6.45, 7) is 5.13. The molecule has 1 aromatic carbocycles. The smallest absolute Gasteiger partial charge is 0.243 e. The standard InChI is InChI=1S/C22H25N7O5S/c1-13-11-24-16(12-23-13)10-15(3)35(30,31)28-22-26-25-21(17-9-14(2)34-27-17)29(22)20-18(32-4)7-6-8-19(20)33-5/h6-9,11-12,15H,10H2,1-5H3,(H,26,28)/t15-/m0/s1. The first-order chi connectivity index (χ1) is 16.7. The van der Waals surface area contributed by atoms with Crippen LogP contribution in [-0.4, -0.2) is 57.8 Å². The fourth-order valence-corrected chi connectivity index (χ4v) is 4.39. The van der Waals surface area contributed by atoms with Gasteiger partial charge in [-0.1, -0.05) is 11.2 Å². The molecule has 0 saturated carbocycles. The lowest BCUT2D eigenvalue weighted by molar-refractivity contribution is 0.390. The van der Waals surface area contributed by atoms with Gasteiger partial charge in [0.25, 0.3) is 0 Å². The van der Waals surface area contributed by atoms with Gasteiger partial charge >= 0.3 is 0 Å². The summed E-state index contributed by atoms with van der Waals surface area (Å²) in [5.74, 6) is 1.55. The molecule has 13 heteroatoms. The lowest BCUT2D eigenvalue weighted by Gasteiger charge is -2.18. The molecule has 12 nitrogen and oxygen atoms in total. The Morgan fingerprint density at radius 2 is 1.80 bits per heavy atom. The van der Waals surface area contributed by atoms with E-state index in [1.807, 2.05) is 6.92 Å². The van der Waals surface area contributed by atoms with E-state index in [1.54, 1.807) is 50.5 Å². The van der Waals surface area contributed by atoms with Crippen molar-refractivity contribution in [1.82, 2.24) is 29.9 Å². The van der Waals surface area contributed by atoms with Crippen LogP contribution < -0.4 is 14.2 Å². The molecule has 0 aliphatic carbocycles. The van der Waals surface area contributed by atoms with Crippen LogP contribution in [-0.2, 0) is 16.4 Å². The summed E-state index contributed by atoms with van der Waals surface area (Å²) < 4.78 is 46.9. The van der Waals surface area contributed by atoms with E-state index in [9.17, 15) is 8.42 Å². The molecule has 0 unspecified atom stereocenters. The molecule has 35 heavy (non-hydrogen) atoms. The lowest BCUT2D eigenvalue weighted by atomic mass is 10.2. The minimum atomic E-state index is -3.92. The molecule has 1 atom stereocenters. The highest BCUT2D eigenvalue weighted by molar-refractivity contribution is 7.93. The largest absolute Gasteiger partial charge is 0.494 e. The SMILES string of the molecule is COc1cccc(OC)c1-n1c(NS(=O)(=O)[C@@H](C)Cc2cnc(C)cn2)nnc1-c1cc(C)on1. The van der Waals surface area contributed by atoms with Gasteiger partial charge in [-0.15, -0.1) is 10.2 Å². The second kappa shape index (κ2) is 9.70. The maximum Gasteiger partial charge on any atom is 0.243 e. The quantitative estimate of drug-likeness (QED) is 0.364. The Balaban J connectivity index is 1.79. The molecule has 0 aliphatic heterocycles. The van der Waals surface area contributed by atoms with Crippen molar-refractivity contribution in [2.24, 2.45) is 0 Å². The highest BCUT2D eigenvalue weighted by Gasteiger charge is 2.29. The average Bonchev–Trinajstić information content (AvgIpc) is 3.45. The van der Waals surface area contributed by atoms with Gasteiger partial charge in [0.05, 0.1) is 30.9 Å². The molecule has 1 N–H and O–H groups in total. The van der Waals surface area contributed by atoms with Crippen molar-refractivity contribution >= 4 is 16.0 Å². The number of methoxy groups -OCH3 is 2. The molecule has 0 amide bonds. The van der Waals surface area contributed by atoms with Crippen molar-refractivity contribution in [3.63, 3.8) is 0 Å². The molecule has 0 aliphatic rings. The second-order valence-electron chi connectivity index (χ2n) is 7.83. The molecule has 184 valence electrons. The Bertz CT molecular complexity index is 1410. The Kier molecular flexibility index (Phi) is 6.69. The molecule has 0 saturated heterocycles. The van der Waals surface area contributed by atoms with Gasteiger partial charge in [-0.25, -0.2) is 8.42 Å². The number of para-hydroxylation sites is 1. The van der Waals surface area contributed by atoms with E-state index >= 15 is 0 Å². The minimum Gasteiger partial charge on any atom is -0.494 e. The predicted octanol–water partition coefficient (Wildman–Crippen LogP) is 2.72. The third-order valence-corrected chi connectivity index (χ3v) is 6.93. The van der Waals surface area contributed by atoms with Crippen LogP contribution in [0, 0.1) is 13.8 Å². The lowest BCUT2D eigenvalue weighted by Crippen LogP contribution is -2.29. The van der Waals surface area contributed by atoms with Gasteiger partial charge in [0.2, 0.25) is 16.0 Å². The van der Waals surface area contributed by atoms with Crippen molar-refractivity contribution in [1.29, 1.82) is 0 Å². The van der Waals surface area contributed by atoms with Gasteiger partial charge in [-0.2, -0.15) is 0 Å².